The average molecular weight is 265 g/mol. The number of hydrogen-bond donors (Lipinski definition) is 1. The molecule has 19 heavy (non-hydrogen) atoms. The van der Waals surface area contributed by atoms with Crippen LogP contribution in [0, 0.1) is 22.7 Å². The van der Waals surface area contributed by atoms with Crippen LogP contribution in [-0.2, 0) is 0 Å². The van der Waals surface area contributed by atoms with Crippen molar-refractivity contribution >= 4 is 0 Å². The van der Waals surface area contributed by atoms with Gasteiger partial charge in [-0.25, -0.2) is 0 Å². The third-order valence-corrected chi connectivity index (χ3v) is 3.88. The summed E-state index contributed by atoms with van der Waals surface area (Å²) < 4.78 is 0. The Morgan fingerprint density at radius 3 is 2.53 bits per heavy atom. The molecule has 0 amide bonds. The number of rotatable bonds is 5. The minimum absolute atomic E-state index is 0.184. The quantitative estimate of drug-likeness (QED) is 0.830. The third-order valence-electron chi connectivity index (χ3n) is 3.88. The van der Waals surface area contributed by atoms with E-state index in [4.69, 9.17) is 5.26 Å². The van der Waals surface area contributed by atoms with E-state index in [0.717, 1.165) is 25.4 Å². The van der Waals surface area contributed by atoms with Gasteiger partial charge < -0.3 is 10.2 Å². The van der Waals surface area contributed by atoms with Gasteiger partial charge in [0.05, 0.1) is 11.5 Å². The first kappa shape index (κ1) is 16.5. The molecule has 1 saturated heterocycles. The van der Waals surface area contributed by atoms with Gasteiger partial charge in [-0.3, -0.25) is 0 Å². The molecule has 1 fully saturated rings. The lowest BCUT2D eigenvalue weighted by atomic mass is 9.90. The van der Waals surface area contributed by atoms with E-state index in [1.165, 1.54) is 25.9 Å². The van der Waals surface area contributed by atoms with Crippen molar-refractivity contribution in [1.29, 1.82) is 5.26 Å². The monoisotopic (exact) mass is 265 g/mol. The predicted molar refractivity (Wildman–Crippen MR) is 80.9 cm³/mol. The highest BCUT2D eigenvalue weighted by Crippen LogP contribution is 2.22. The Labute approximate surface area is 119 Å². The molecule has 110 valence electrons. The molecule has 0 aromatic heterocycles. The second-order valence-electron chi connectivity index (χ2n) is 7.69. The largest absolute Gasteiger partial charge is 0.312 e. The summed E-state index contributed by atoms with van der Waals surface area (Å²) in [5, 5.41) is 12.7. The maximum atomic E-state index is 9.07. The van der Waals surface area contributed by atoms with Crippen LogP contribution in [0.15, 0.2) is 0 Å². The zero-order valence-corrected chi connectivity index (χ0v) is 13.4. The molecule has 1 atom stereocenters. The molecule has 0 spiro atoms. The van der Waals surface area contributed by atoms with Gasteiger partial charge in [0.15, 0.2) is 0 Å². The summed E-state index contributed by atoms with van der Waals surface area (Å²) in [6.07, 6.45) is 3.60. The Morgan fingerprint density at radius 2 is 1.95 bits per heavy atom. The summed E-state index contributed by atoms with van der Waals surface area (Å²) >= 11 is 0. The van der Waals surface area contributed by atoms with Crippen molar-refractivity contribution in [2.75, 3.05) is 26.2 Å². The molecule has 0 bridgehead atoms. The fourth-order valence-electron chi connectivity index (χ4n) is 2.47. The summed E-state index contributed by atoms with van der Waals surface area (Å²) in [7, 11) is 0. The Bertz CT molecular complexity index is 309. The lowest BCUT2D eigenvalue weighted by Gasteiger charge is -2.35. The first-order valence-corrected chi connectivity index (χ1v) is 7.60. The zero-order valence-electron chi connectivity index (χ0n) is 13.4. The van der Waals surface area contributed by atoms with Crippen molar-refractivity contribution in [2.24, 2.45) is 11.3 Å². The number of nitrogens with zero attached hydrogens (tertiary/aromatic N) is 2. The van der Waals surface area contributed by atoms with E-state index in [1.807, 2.05) is 13.8 Å². The first-order chi connectivity index (χ1) is 8.72. The summed E-state index contributed by atoms with van der Waals surface area (Å²) in [6.45, 7) is 15.3. The van der Waals surface area contributed by atoms with Crippen LogP contribution in [0.5, 0.6) is 0 Å². The van der Waals surface area contributed by atoms with Crippen LogP contribution in [0.2, 0.25) is 0 Å². The molecular weight excluding hydrogens is 234 g/mol. The first-order valence-electron chi connectivity index (χ1n) is 7.60. The van der Waals surface area contributed by atoms with Crippen LogP contribution in [0.25, 0.3) is 0 Å². The molecule has 0 aliphatic carbocycles. The van der Waals surface area contributed by atoms with Crippen molar-refractivity contribution in [3.05, 3.63) is 0 Å². The van der Waals surface area contributed by atoms with Gasteiger partial charge in [-0.15, -0.1) is 0 Å². The van der Waals surface area contributed by atoms with Crippen LogP contribution >= 0.6 is 0 Å². The third kappa shape index (κ3) is 6.94. The predicted octanol–water partition coefficient (Wildman–Crippen LogP) is 3.03. The van der Waals surface area contributed by atoms with Crippen molar-refractivity contribution in [3.63, 3.8) is 0 Å². The molecule has 0 aromatic carbocycles. The number of piperidine rings is 1. The highest BCUT2D eigenvalue weighted by Gasteiger charge is 2.24. The van der Waals surface area contributed by atoms with E-state index in [2.05, 4.69) is 37.1 Å². The second-order valence-corrected chi connectivity index (χ2v) is 7.69. The van der Waals surface area contributed by atoms with Crippen LogP contribution < -0.4 is 5.32 Å². The molecule has 1 heterocycles. The van der Waals surface area contributed by atoms with Crippen molar-refractivity contribution < 1.29 is 0 Å². The zero-order chi connectivity index (χ0) is 14.5. The van der Waals surface area contributed by atoms with Crippen molar-refractivity contribution in [1.82, 2.24) is 10.2 Å². The van der Waals surface area contributed by atoms with Crippen LogP contribution in [-0.4, -0.2) is 36.6 Å². The van der Waals surface area contributed by atoms with Crippen LogP contribution in [0.4, 0.5) is 0 Å². The number of likely N-dealkylation sites (tertiary alicyclic amines) is 1. The van der Waals surface area contributed by atoms with Gasteiger partial charge in [0.1, 0.15) is 0 Å². The number of nitrogens with one attached hydrogen (secondary N) is 1. The smallest absolute Gasteiger partial charge is 0.0684 e. The molecule has 0 aromatic rings. The molecule has 1 rings (SSSR count). The number of nitriles is 1. The maximum Gasteiger partial charge on any atom is 0.0684 e. The molecule has 1 aliphatic heterocycles. The van der Waals surface area contributed by atoms with Crippen molar-refractivity contribution in [3.8, 4) is 6.07 Å². The Morgan fingerprint density at radius 1 is 1.26 bits per heavy atom. The van der Waals surface area contributed by atoms with E-state index in [1.54, 1.807) is 0 Å². The van der Waals surface area contributed by atoms with E-state index in [-0.39, 0.29) is 11.0 Å². The highest BCUT2D eigenvalue weighted by atomic mass is 15.1. The van der Waals surface area contributed by atoms with Crippen LogP contribution in [0.3, 0.4) is 0 Å². The maximum absolute atomic E-state index is 9.07. The van der Waals surface area contributed by atoms with E-state index < -0.39 is 0 Å². The minimum atomic E-state index is -0.184. The molecule has 3 heteroatoms. The summed E-state index contributed by atoms with van der Waals surface area (Å²) in [6, 6.07) is 2.40. The topological polar surface area (TPSA) is 39.1 Å². The van der Waals surface area contributed by atoms with E-state index >= 15 is 0 Å². The molecule has 1 N–H and O–H groups in total. The van der Waals surface area contributed by atoms with Crippen molar-refractivity contribution in [2.45, 2.75) is 59.4 Å². The van der Waals surface area contributed by atoms with E-state index in [9.17, 15) is 0 Å². The van der Waals surface area contributed by atoms with Crippen LogP contribution in [0.1, 0.15) is 53.9 Å². The minimum Gasteiger partial charge on any atom is -0.312 e. The fraction of sp³-hybridized carbons (Fsp3) is 0.938. The molecular formula is C16H31N3. The SMILES string of the molecule is CC(C)(C#N)CCN1CCCC(CNC(C)(C)C)C1. The summed E-state index contributed by atoms with van der Waals surface area (Å²) in [5.74, 6) is 0.762. The van der Waals surface area contributed by atoms with Gasteiger partial charge >= 0.3 is 0 Å². The normalized spacial score (nSPS) is 22.2. The van der Waals surface area contributed by atoms with Gasteiger partial charge in [0.2, 0.25) is 0 Å². The Balaban J connectivity index is 2.32. The Kier molecular flexibility index (Phi) is 5.82. The lowest BCUT2D eigenvalue weighted by molar-refractivity contribution is 0.154. The van der Waals surface area contributed by atoms with Gasteiger partial charge in [-0.1, -0.05) is 0 Å². The number of hydrogen-bond acceptors (Lipinski definition) is 3. The lowest BCUT2D eigenvalue weighted by Crippen LogP contribution is -2.45. The molecule has 1 unspecified atom stereocenters. The van der Waals surface area contributed by atoms with Gasteiger partial charge in [0.25, 0.3) is 0 Å². The molecule has 1 aliphatic rings. The fourth-order valence-corrected chi connectivity index (χ4v) is 2.47. The average Bonchev–Trinajstić information content (AvgIpc) is 2.34. The van der Waals surface area contributed by atoms with Gasteiger partial charge in [0, 0.05) is 12.1 Å². The molecule has 3 nitrogen and oxygen atoms in total. The van der Waals surface area contributed by atoms with Gasteiger partial charge in [-0.2, -0.15) is 5.26 Å². The highest BCUT2D eigenvalue weighted by molar-refractivity contribution is 4.92. The Hall–Kier alpha value is -0.590. The van der Waals surface area contributed by atoms with E-state index in [0.29, 0.717) is 0 Å². The van der Waals surface area contributed by atoms with Gasteiger partial charge in [-0.05, 0) is 79.4 Å². The molecule has 0 saturated carbocycles. The summed E-state index contributed by atoms with van der Waals surface area (Å²) in [5.41, 5.74) is 0.0294. The second kappa shape index (κ2) is 6.72. The molecule has 0 radical (unpaired) electrons. The summed E-state index contributed by atoms with van der Waals surface area (Å²) in [4.78, 5) is 2.54. The standard InChI is InChI=1S/C16H31N3/c1-15(2,3)18-11-14-7-6-9-19(12-14)10-8-16(4,5)13-17/h14,18H,6-12H2,1-5H3.